The van der Waals surface area contributed by atoms with Crippen molar-refractivity contribution in [1.29, 1.82) is 0 Å². The van der Waals surface area contributed by atoms with Gasteiger partial charge in [-0.1, -0.05) is 24.3 Å². The summed E-state index contributed by atoms with van der Waals surface area (Å²) >= 11 is 0. The normalized spacial score (nSPS) is 13.6. The van der Waals surface area contributed by atoms with Crippen molar-refractivity contribution in [3.8, 4) is 0 Å². The van der Waals surface area contributed by atoms with E-state index in [0.717, 1.165) is 0 Å². The first kappa shape index (κ1) is 16.3. The second-order valence-corrected chi connectivity index (χ2v) is 3.05. The Morgan fingerprint density at radius 3 is 1.64 bits per heavy atom. The van der Waals surface area contributed by atoms with Gasteiger partial charge in [0.1, 0.15) is 11.6 Å². The van der Waals surface area contributed by atoms with Gasteiger partial charge in [-0.05, 0) is 13.8 Å². The van der Waals surface area contributed by atoms with Gasteiger partial charge in [0, 0.05) is 39.5 Å². The first-order chi connectivity index (χ1) is 5.63. The van der Waals surface area contributed by atoms with Crippen molar-refractivity contribution in [3.63, 3.8) is 0 Å². The smallest absolute Gasteiger partial charge is 0.141 e. The van der Waals surface area contributed by atoms with Crippen LogP contribution in [0.5, 0.6) is 0 Å². The molecule has 2 nitrogen and oxygen atoms in total. The van der Waals surface area contributed by atoms with E-state index in [1.54, 1.807) is 0 Å². The van der Waals surface area contributed by atoms with Gasteiger partial charge in [0.15, 0.2) is 0 Å². The van der Waals surface area contributed by atoms with Gasteiger partial charge in [0.2, 0.25) is 0 Å². The Labute approximate surface area is 105 Å². The Balaban J connectivity index is 0. The van der Waals surface area contributed by atoms with Gasteiger partial charge < -0.3 is 0 Å². The van der Waals surface area contributed by atoms with Crippen molar-refractivity contribution in [1.82, 2.24) is 0 Å². The van der Waals surface area contributed by atoms with Gasteiger partial charge in [-0.15, -0.1) is 0 Å². The van der Waals surface area contributed by atoms with Gasteiger partial charge in [0.05, 0.1) is 5.92 Å². The van der Waals surface area contributed by atoms with Crippen LogP contribution in [0, 0.1) is 11.8 Å². The zero-order valence-corrected chi connectivity index (χ0v) is 10.0. The molecule has 0 aromatic carbocycles. The van der Waals surface area contributed by atoms with Crippen molar-refractivity contribution >= 4 is 11.6 Å². The largest absolute Gasteiger partial charge is 0.299 e. The Morgan fingerprint density at radius 1 is 1.00 bits per heavy atom. The van der Waals surface area contributed by atoms with Crippen molar-refractivity contribution in [2.24, 2.45) is 11.8 Å². The molecule has 0 saturated carbocycles. The minimum atomic E-state index is -0.472. The van der Waals surface area contributed by atoms with Crippen LogP contribution in [0.15, 0.2) is 24.3 Å². The minimum Gasteiger partial charge on any atom is -0.299 e. The maximum absolute atomic E-state index is 11.1. The number of carbonyl (C=O) groups is 2. The van der Waals surface area contributed by atoms with Crippen LogP contribution < -0.4 is 0 Å². The van der Waals surface area contributed by atoms with Gasteiger partial charge in [-0.2, -0.15) is 0 Å². The summed E-state index contributed by atoms with van der Waals surface area (Å²) in [4.78, 5) is 22.2. The van der Waals surface area contributed by atoms with Gasteiger partial charge in [-0.3, -0.25) is 9.59 Å². The van der Waals surface area contributed by atoms with E-state index in [1.807, 2.05) is 24.3 Å². The van der Waals surface area contributed by atoms with E-state index in [4.69, 9.17) is 0 Å². The fraction of sp³-hybridized carbons (Fsp3) is 0.400. The third-order valence-electron chi connectivity index (χ3n) is 2.04. The summed E-state index contributed by atoms with van der Waals surface area (Å²) in [6.07, 6.45) is 7.49. The van der Waals surface area contributed by atoms with Crippen molar-refractivity contribution < 1.29 is 43.1 Å². The van der Waals surface area contributed by atoms with Gasteiger partial charge in [0.25, 0.3) is 0 Å². The molecule has 0 aromatic heterocycles. The SMILES string of the molecule is CC(=O)C(C(C)=O)C1C=CC=C1.[Co].[Co]. The molecular weight excluding hydrogens is 270 g/mol. The zero-order valence-electron chi connectivity index (χ0n) is 7.95. The van der Waals surface area contributed by atoms with E-state index in [1.165, 1.54) is 13.8 Å². The Kier molecular flexibility index (Phi) is 8.33. The average molecular weight is 282 g/mol. The third kappa shape index (κ3) is 3.92. The van der Waals surface area contributed by atoms with Crippen LogP contribution in [0.4, 0.5) is 0 Å². The fourth-order valence-electron chi connectivity index (χ4n) is 1.50. The zero-order chi connectivity index (χ0) is 9.14. The van der Waals surface area contributed by atoms with E-state index < -0.39 is 5.92 Å². The summed E-state index contributed by atoms with van der Waals surface area (Å²) < 4.78 is 0. The molecule has 0 N–H and O–H groups in total. The number of Topliss-reactive ketones (excluding diaryl/α,β-unsaturated/α-hetero) is 2. The molecule has 4 heteroatoms. The molecule has 0 spiro atoms. The van der Waals surface area contributed by atoms with Crippen LogP contribution in [0.25, 0.3) is 0 Å². The molecule has 82 valence electrons. The molecule has 1 aliphatic rings. The number of hydrogen-bond acceptors (Lipinski definition) is 2. The molecule has 0 fully saturated rings. The molecule has 0 heterocycles. The summed E-state index contributed by atoms with van der Waals surface area (Å²) in [5, 5.41) is 0. The molecule has 0 saturated heterocycles. The van der Waals surface area contributed by atoms with Crippen LogP contribution in [0.2, 0.25) is 0 Å². The predicted molar refractivity (Wildman–Crippen MR) is 46.6 cm³/mol. The average Bonchev–Trinajstić information content (AvgIpc) is 2.37. The summed E-state index contributed by atoms with van der Waals surface area (Å²) in [5.74, 6) is -0.590. The molecule has 0 atom stereocenters. The van der Waals surface area contributed by atoms with Crippen LogP contribution in [-0.4, -0.2) is 11.6 Å². The third-order valence-corrected chi connectivity index (χ3v) is 2.04. The van der Waals surface area contributed by atoms with Gasteiger partial charge in [-0.25, -0.2) is 0 Å². The molecule has 0 aliphatic heterocycles. The monoisotopic (exact) mass is 282 g/mol. The molecule has 1 aliphatic carbocycles. The maximum atomic E-state index is 11.1. The van der Waals surface area contributed by atoms with Crippen molar-refractivity contribution in [2.75, 3.05) is 0 Å². The van der Waals surface area contributed by atoms with Crippen LogP contribution in [0.1, 0.15) is 13.8 Å². The maximum Gasteiger partial charge on any atom is 0.141 e. The molecule has 0 aromatic rings. The number of rotatable bonds is 3. The topological polar surface area (TPSA) is 34.1 Å². The second kappa shape index (κ2) is 7.17. The standard InChI is InChI=1S/C10H12O2.2Co/c1-7(11)10(8(2)12)9-5-3-4-6-9;;/h3-6,9-10H,1-2H3;;. The van der Waals surface area contributed by atoms with Crippen molar-refractivity contribution in [3.05, 3.63) is 24.3 Å². The van der Waals surface area contributed by atoms with E-state index >= 15 is 0 Å². The molecule has 1 rings (SSSR count). The van der Waals surface area contributed by atoms with Crippen LogP contribution in [0.3, 0.4) is 0 Å². The number of carbonyl (C=O) groups excluding carboxylic acids is 2. The fourth-order valence-corrected chi connectivity index (χ4v) is 1.50. The second-order valence-electron chi connectivity index (χ2n) is 3.05. The van der Waals surface area contributed by atoms with Crippen LogP contribution >= 0.6 is 0 Å². The van der Waals surface area contributed by atoms with Crippen molar-refractivity contribution in [2.45, 2.75) is 13.8 Å². The Morgan fingerprint density at radius 2 is 1.36 bits per heavy atom. The quantitative estimate of drug-likeness (QED) is 0.735. The first-order valence-electron chi connectivity index (χ1n) is 3.99. The first-order valence-corrected chi connectivity index (χ1v) is 3.99. The number of ketones is 2. The van der Waals surface area contributed by atoms with E-state index in [-0.39, 0.29) is 51.0 Å². The predicted octanol–water partition coefficient (Wildman–Crippen LogP) is 1.52. The van der Waals surface area contributed by atoms with E-state index in [0.29, 0.717) is 0 Å². The van der Waals surface area contributed by atoms with Gasteiger partial charge >= 0.3 is 0 Å². The molecule has 2 radical (unpaired) electrons. The molecular formula is C10H12Co2O2. The summed E-state index contributed by atoms with van der Waals surface area (Å²) in [6.45, 7) is 2.93. The molecule has 0 bridgehead atoms. The summed E-state index contributed by atoms with van der Waals surface area (Å²) in [6, 6.07) is 0. The Bertz CT molecular complexity index is 243. The van der Waals surface area contributed by atoms with E-state index in [2.05, 4.69) is 0 Å². The summed E-state index contributed by atoms with van der Waals surface area (Å²) in [7, 11) is 0. The van der Waals surface area contributed by atoms with E-state index in [9.17, 15) is 9.59 Å². The number of hydrogen-bond donors (Lipinski definition) is 0. The summed E-state index contributed by atoms with van der Waals surface area (Å²) in [5.41, 5.74) is 0. The van der Waals surface area contributed by atoms with Crippen LogP contribution in [-0.2, 0) is 43.1 Å². The number of allylic oxidation sites excluding steroid dienone is 4. The molecule has 14 heavy (non-hydrogen) atoms. The molecule has 0 unspecified atom stereocenters. The minimum absolute atomic E-state index is 0. The Hall–Kier alpha value is -0.167. The molecule has 0 amide bonds.